The van der Waals surface area contributed by atoms with Crippen LogP contribution in [0.4, 0.5) is 13.2 Å². The standard InChI is InChI=1S/C14H14F3NOS/c1-2-8-13(19,10-6-4-3-5-7-10)11-9-18-12(20-11)14(15,16)17/h3-7,9,19H,2,8H2,1H3. The molecular weight excluding hydrogens is 287 g/mol. The normalized spacial score (nSPS) is 15.1. The number of hydrogen-bond acceptors (Lipinski definition) is 3. The summed E-state index contributed by atoms with van der Waals surface area (Å²) in [6, 6.07) is 8.72. The second-order valence-electron chi connectivity index (χ2n) is 4.50. The van der Waals surface area contributed by atoms with E-state index in [1.165, 1.54) is 0 Å². The maximum atomic E-state index is 12.6. The van der Waals surface area contributed by atoms with E-state index in [0.717, 1.165) is 6.20 Å². The van der Waals surface area contributed by atoms with Gasteiger partial charge in [0.2, 0.25) is 0 Å². The Morgan fingerprint density at radius 3 is 2.35 bits per heavy atom. The maximum Gasteiger partial charge on any atom is 0.443 e. The summed E-state index contributed by atoms with van der Waals surface area (Å²) >= 11 is 0.495. The number of rotatable bonds is 4. The molecule has 2 rings (SSSR count). The zero-order valence-electron chi connectivity index (χ0n) is 10.8. The number of aromatic nitrogens is 1. The first-order chi connectivity index (χ1) is 9.38. The van der Waals surface area contributed by atoms with E-state index in [4.69, 9.17) is 0 Å². The van der Waals surface area contributed by atoms with Crippen molar-refractivity contribution in [2.75, 3.05) is 0 Å². The van der Waals surface area contributed by atoms with Crippen LogP contribution in [0.15, 0.2) is 36.5 Å². The third kappa shape index (κ3) is 2.86. The highest BCUT2D eigenvalue weighted by molar-refractivity contribution is 7.11. The van der Waals surface area contributed by atoms with Crippen molar-refractivity contribution in [2.24, 2.45) is 0 Å². The molecule has 0 amide bonds. The fourth-order valence-electron chi connectivity index (χ4n) is 2.08. The molecule has 1 aromatic carbocycles. The fourth-order valence-corrected chi connectivity index (χ4v) is 3.01. The number of aliphatic hydroxyl groups is 1. The third-order valence-electron chi connectivity index (χ3n) is 3.02. The molecule has 0 spiro atoms. The van der Waals surface area contributed by atoms with Crippen molar-refractivity contribution in [1.29, 1.82) is 0 Å². The molecule has 1 aromatic heterocycles. The zero-order chi connectivity index (χ0) is 14.8. The van der Waals surface area contributed by atoms with E-state index >= 15 is 0 Å². The summed E-state index contributed by atoms with van der Waals surface area (Å²) in [5, 5.41) is 9.90. The molecule has 1 unspecified atom stereocenters. The predicted molar refractivity (Wildman–Crippen MR) is 71.5 cm³/mol. The van der Waals surface area contributed by atoms with Gasteiger partial charge in [0, 0.05) is 6.20 Å². The fraction of sp³-hybridized carbons (Fsp3) is 0.357. The number of halogens is 3. The van der Waals surface area contributed by atoms with Gasteiger partial charge in [0.05, 0.1) is 4.88 Å². The van der Waals surface area contributed by atoms with Gasteiger partial charge in [-0.2, -0.15) is 13.2 Å². The summed E-state index contributed by atoms with van der Waals surface area (Å²) in [6.45, 7) is 1.87. The van der Waals surface area contributed by atoms with Crippen molar-refractivity contribution < 1.29 is 18.3 Å². The molecule has 2 nitrogen and oxygen atoms in total. The number of benzene rings is 1. The average molecular weight is 301 g/mol. The van der Waals surface area contributed by atoms with Crippen molar-refractivity contribution in [3.8, 4) is 0 Å². The number of hydrogen-bond donors (Lipinski definition) is 1. The highest BCUT2D eigenvalue weighted by atomic mass is 32.1. The van der Waals surface area contributed by atoms with E-state index in [1.54, 1.807) is 30.3 Å². The Hall–Kier alpha value is -1.40. The van der Waals surface area contributed by atoms with E-state index in [-0.39, 0.29) is 4.88 Å². The zero-order valence-corrected chi connectivity index (χ0v) is 11.6. The molecule has 108 valence electrons. The molecule has 0 radical (unpaired) electrons. The van der Waals surface area contributed by atoms with Crippen LogP contribution in [0.5, 0.6) is 0 Å². The minimum absolute atomic E-state index is 0.220. The number of alkyl halides is 3. The van der Waals surface area contributed by atoms with Crippen LogP contribution in [-0.4, -0.2) is 10.1 Å². The Labute approximate surface area is 118 Å². The van der Waals surface area contributed by atoms with Gasteiger partial charge in [-0.1, -0.05) is 43.7 Å². The molecule has 0 saturated carbocycles. The third-order valence-corrected chi connectivity index (χ3v) is 4.21. The maximum absolute atomic E-state index is 12.6. The summed E-state index contributed by atoms with van der Waals surface area (Å²) in [6.07, 6.45) is -2.37. The van der Waals surface area contributed by atoms with Crippen LogP contribution in [-0.2, 0) is 11.8 Å². The Morgan fingerprint density at radius 2 is 1.85 bits per heavy atom. The smallest absolute Gasteiger partial charge is 0.379 e. The second kappa shape index (κ2) is 5.54. The first kappa shape index (κ1) is 15.0. The van der Waals surface area contributed by atoms with E-state index in [2.05, 4.69) is 4.98 Å². The van der Waals surface area contributed by atoms with Crippen molar-refractivity contribution in [2.45, 2.75) is 31.5 Å². The second-order valence-corrected chi connectivity index (χ2v) is 5.53. The Morgan fingerprint density at radius 1 is 1.20 bits per heavy atom. The van der Waals surface area contributed by atoms with Gasteiger partial charge in [-0.3, -0.25) is 0 Å². The minimum Gasteiger partial charge on any atom is -0.379 e. The number of nitrogens with zero attached hydrogens (tertiary/aromatic N) is 1. The van der Waals surface area contributed by atoms with Crippen molar-refractivity contribution >= 4 is 11.3 Å². The van der Waals surface area contributed by atoms with Crippen LogP contribution >= 0.6 is 11.3 Å². The summed E-state index contributed by atoms with van der Waals surface area (Å²) < 4.78 is 37.9. The van der Waals surface area contributed by atoms with Crippen LogP contribution < -0.4 is 0 Å². The van der Waals surface area contributed by atoms with Gasteiger partial charge in [-0.05, 0) is 12.0 Å². The Bertz CT molecular complexity index is 567. The predicted octanol–water partition coefficient (Wildman–Crippen LogP) is 4.20. The molecule has 2 aromatic rings. The van der Waals surface area contributed by atoms with E-state index in [0.29, 0.717) is 29.7 Å². The molecule has 0 bridgehead atoms. The molecule has 0 saturated heterocycles. The van der Waals surface area contributed by atoms with Gasteiger partial charge in [0.25, 0.3) is 0 Å². The topological polar surface area (TPSA) is 33.1 Å². The molecular formula is C14H14F3NOS. The first-order valence-corrected chi connectivity index (χ1v) is 7.01. The molecule has 0 aliphatic carbocycles. The van der Waals surface area contributed by atoms with Crippen LogP contribution in [0.3, 0.4) is 0 Å². The lowest BCUT2D eigenvalue weighted by atomic mass is 9.88. The minimum atomic E-state index is -4.48. The van der Waals surface area contributed by atoms with E-state index in [9.17, 15) is 18.3 Å². The van der Waals surface area contributed by atoms with Gasteiger partial charge in [-0.15, -0.1) is 11.3 Å². The Kier molecular flexibility index (Phi) is 4.15. The summed E-state index contributed by atoms with van der Waals surface area (Å²) in [4.78, 5) is 3.62. The van der Waals surface area contributed by atoms with Gasteiger partial charge >= 0.3 is 6.18 Å². The molecule has 1 heterocycles. The van der Waals surface area contributed by atoms with Gasteiger partial charge in [0.1, 0.15) is 5.60 Å². The first-order valence-electron chi connectivity index (χ1n) is 6.19. The highest BCUT2D eigenvalue weighted by Gasteiger charge is 2.39. The van der Waals surface area contributed by atoms with E-state index in [1.807, 2.05) is 6.92 Å². The van der Waals surface area contributed by atoms with Crippen molar-refractivity contribution in [3.05, 3.63) is 52.0 Å². The van der Waals surface area contributed by atoms with Crippen LogP contribution in [0, 0.1) is 0 Å². The van der Waals surface area contributed by atoms with Crippen molar-refractivity contribution in [1.82, 2.24) is 4.98 Å². The molecule has 1 N–H and O–H groups in total. The monoisotopic (exact) mass is 301 g/mol. The largest absolute Gasteiger partial charge is 0.443 e. The molecule has 6 heteroatoms. The highest BCUT2D eigenvalue weighted by Crippen LogP contribution is 2.40. The number of thiazole rings is 1. The summed E-state index contributed by atoms with van der Waals surface area (Å²) in [7, 11) is 0. The van der Waals surface area contributed by atoms with Crippen LogP contribution in [0.1, 0.15) is 35.2 Å². The average Bonchev–Trinajstić information content (AvgIpc) is 2.90. The SMILES string of the molecule is CCCC(O)(c1ccccc1)c1cnc(C(F)(F)F)s1. The lowest BCUT2D eigenvalue weighted by Crippen LogP contribution is -2.25. The van der Waals surface area contributed by atoms with Crippen LogP contribution in [0.2, 0.25) is 0 Å². The van der Waals surface area contributed by atoms with Gasteiger partial charge in [0.15, 0.2) is 5.01 Å². The molecule has 1 atom stereocenters. The molecule has 20 heavy (non-hydrogen) atoms. The Balaban J connectivity index is 2.46. The van der Waals surface area contributed by atoms with Gasteiger partial charge < -0.3 is 5.11 Å². The van der Waals surface area contributed by atoms with Crippen LogP contribution in [0.25, 0.3) is 0 Å². The molecule has 0 fully saturated rings. The molecule has 0 aliphatic heterocycles. The van der Waals surface area contributed by atoms with E-state index < -0.39 is 16.8 Å². The van der Waals surface area contributed by atoms with Crippen molar-refractivity contribution in [3.63, 3.8) is 0 Å². The van der Waals surface area contributed by atoms with Gasteiger partial charge in [-0.25, -0.2) is 4.98 Å². The summed E-state index contributed by atoms with van der Waals surface area (Å²) in [5.41, 5.74) is -0.837. The lowest BCUT2D eigenvalue weighted by molar-refractivity contribution is -0.137. The molecule has 0 aliphatic rings. The summed E-state index contributed by atoms with van der Waals surface area (Å²) in [5.74, 6) is 0. The lowest BCUT2D eigenvalue weighted by Gasteiger charge is -2.26. The quantitative estimate of drug-likeness (QED) is 0.918.